The molecule has 0 radical (unpaired) electrons. The first-order valence-electron chi connectivity index (χ1n) is 12.5. The Kier molecular flexibility index (Phi) is 7.15. The van der Waals surface area contributed by atoms with Crippen LogP contribution in [0.15, 0.2) is 65.5 Å². The zero-order valence-electron chi connectivity index (χ0n) is 22.3. The molecule has 2 heterocycles. The van der Waals surface area contributed by atoms with Gasteiger partial charge in [0.1, 0.15) is 12.4 Å². The number of terminal acetylenes is 1. The van der Waals surface area contributed by atoms with Gasteiger partial charge in [-0.1, -0.05) is 50.1 Å². The largest absolute Gasteiger partial charge is 0.481 e. The average molecular weight is 521 g/mol. The van der Waals surface area contributed by atoms with Gasteiger partial charge in [-0.25, -0.2) is 14.8 Å². The van der Waals surface area contributed by atoms with E-state index in [0.29, 0.717) is 40.2 Å². The summed E-state index contributed by atoms with van der Waals surface area (Å²) in [6.07, 6.45) is 5.40. The average Bonchev–Trinajstić information content (AvgIpc) is 2.96. The normalized spacial score (nSPS) is 11.1. The van der Waals surface area contributed by atoms with E-state index in [-0.39, 0.29) is 18.8 Å². The molecule has 5 rings (SSSR count). The first-order chi connectivity index (χ1) is 18.9. The molecule has 0 spiro atoms. The molecule has 0 atom stereocenters. The molecule has 0 N–H and O–H groups in total. The fourth-order valence-electron chi connectivity index (χ4n) is 4.49. The van der Waals surface area contributed by atoms with Gasteiger partial charge in [0.2, 0.25) is 0 Å². The molecule has 0 aliphatic rings. The van der Waals surface area contributed by atoms with Crippen molar-refractivity contribution in [3.8, 4) is 41.1 Å². The molecule has 5 aromatic rings. The molecule has 0 unspecified atom stereocenters. The molecule has 39 heavy (non-hydrogen) atoms. The van der Waals surface area contributed by atoms with Crippen LogP contribution in [-0.4, -0.2) is 40.3 Å². The van der Waals surface area contributed by atoms with Gasteiger partial charge in [0.05, 0.1) is 43.0 Å². The lowest BCUT2D eigenvalue weighted by Crippen LogP contribution is -2.24. The maximum atomic E-state index is 13.4. The number of aromatic nitrogens is 4. The Labute approximate surface area is 226 Å². The molecule has 0 fully saturated rings. The number of hydrogen-bond acceptors (Lipinski definition) is 7. The van der Waals surface area contributed by atoms with Crippen LogP contribution >= 0.6 is 0 Å². The van der Waals surface area contributed by atoms with Gasteiger partial charge in [-0.05, 0) is 47.4 Å². The van der Waals surface area contributed by atoms with Crippen LogP contribution in [0, 0.1) is 12.3 Å². The lowest BCUT2D eigenvalue weighted by atomic mass is 9.99. The Balaban J connectivity index is 1.63. The number of hydrogen-bond donors (Lipinski definition) is 0. The molecule has 3 aromatic carbocycles. The number of rotatable bonds is 8. The molecule has 0 amide bonds. The fourth-order valence-corrected chi connectivity index (χ4v) is 4.49. The molecule has 0 aliphatic heterocycles. The highest BCUT2D eigenvalue weighted by atomic mass is 16.5. The number of methoxy groups -OCH3 is 2. The van der Waals surface area contributed by atoms with Crippen LogP contribution in [0.2, 0.25) is 0 Å². The second kappa shape index (κ2) is 10.8. The Bertz CT molecular complexity index is 1770. The smallest absolute Gasteiger partial charge is 0.348 e. The van der Waals surface area contributed by atoms with Crippen LogP contribution in [0.3, 0.4) is 0 Å². The molecule has 2 aromatic heterocycles. The van der Waals surface area contributed by atoms with Crippen LogP contribution < -0.4 is 19.9 Å². The molecule has 8 heteroatoms. The van der Waals surface area contributed by atoms with Crippen molar-refractivity contribution >= 4 is 21.9 Å². The number of nitrogens with zero attached hydrogens (tertiary/aromatic N) is 4. The highest BCUT2D eigenvalue weighted by Crippen LogP contribution is 2.31. The third-order valence-corrected chi connectivity index (χ3v) is 6.52. The first kappa shape index (κ1) is 25.7. The van der Waals surface area contributed by atoms with Crippen molar-refractivity contribution in [2.75, 3.05) is 20.8 Å². The third kappa shape index (κ3) is 5.12. The van der Waals surface area contributed by atoms with E-state index in [1.165, 1.54) is 19.8 Å². The fraction of sp³-hybridized carbons (Fsp3) is 0.226. The predicted molar refractivity (Wildman–Crippen MR) is 152 cm³/mol. The molecular weight excluding hydrogens is 492 g/mol. The minimum absolute atomic E-state index is 0.142. The quantitative estimate of drug-likeness (QED) is 0.260. The summed E-state index contributed by atoms with van der Waals surface area (Å²) < 4.78 is 17.9. The number of fused-ring (bicyclic) bond motifs is 2. The summed E-state index contributed by atoms with van der Waals surface area (Å²) in [6.45, 7) is 4.71. The highest BCUT2D eigenvalue weighted by molar-refractivity contribution is 5.93. The zero-order chi connectivity index (χ0) is 27.5. The summed E-state index contributed by atoms with van der Waals surface area (Å²) in [7, 11) is 3.03. The molecule has 0 saturated heterocycles. The highest BCUT2D eigenvalue weighted by Gasteiger charge is 2.16. The summed E-state index contributed by atoms with van der Waals surface area (Å²) >= 11 is 0. The second-order valence-corrected chi connectivity index (χ2v) is 9.34. The first-order valence-corrected chi connectivity index (χ1v) is 12.5. The summed E-state index contributed by atoms with van der Waals surface area (Å²) in [4.78, 5) is 26.9. The van der Waals surface area contributed by atoms with E-state index in [0.717, 1.165) is 22.0 Å². The van der Waals surface area contributed by atoms with Crippen molar-refractivity contribution < 1.29 is 14.2 Å². The van der Waals surface area contributed by atoms with Gasteiger partial charge in [-0.2, -0.15) is 4.98 Å². The zero-order valence-corrected chi connectivity index (χ0v) is 22.3. The standard InChI is InChI=1S/C31H28N4O4/c1-6-15-39-23-12-14-27-24(17-23)28(22-10-8-21(9-11-22)19(2)3)34-31(36)35(27)18-20-7-13-25-26(16-20)33-30(38-5)29(32-25)37-4/h1,7-14,16-17,19H,15,18H2,2-5H3. The Morgan fingerprint density at radius 3 is 2.28 bits per heavy atom. The van der Waals surface area contributed by atoms with E-state index in [1.54, 1.807) is 4.57 Å². The third-order valence-electron chi connectivity index (χ3n) is 6.52. The summed E-state index contributed by atoms with van der Waals surface area (Å²) in [6, 6.07) is 19.3. The van der Waals surface area contributed by atoms with Crippen LogP contribution in [0.5, 0.6) is 17.5 Å². The van der Waals surface area contributed by atoms with Crippen molar-refractivity contribution in [1.29, 1.82) is 0 Å². The van der Waals surface area contributed by atoms with E-state index >= 15 is 0 Å². The minimum atomic E-state index is -0.360. The molecule has 8 nitrogen and oxygen atoms in total. The SMILES string of the molecule is C#CCOc1ccc2c(c1)c(-c1ccc(C(C)C)cc1)nc(=O)n2Cc1ccc2nc(OC)c(OC)nc2c1. The monoisotopic (exact) mass is 520 g/mol. The number of ether oxygens (including phenoxy) is 3. The van der Waals surface area contributed by atoms with E-state index < -0.39 is 0 Å². The van der Waals surface area contributed by atoms with Crippen molar-refractivity contribution in [2.45, 2.75) is 26.3 Å². The van der Waals surface area contributed by atoms with Crippen LogP contribution in [-0.2, 0) is 6.54 Å². The Morgan fingerprint density at radius 2 is 1.62 bits per heavy atom. The molecule has 196 valence electrons. The molecule has 0 aliphatic carbocycles. The topological polar surface area (TPSA) is 88.4 Å². The van der Waals surface area contributed by atoms with Gasteiger partial charge in [-0.3, -0.25) is 4.57 Å². The van der Waals surface area contributed by atoms with Crippen LogP contribution in [0.4, 0.5) is 0 Å². The lowest BCUT2D eigenvalue weighted by molar-refractivity contribution is 0.334. The van der Waals surface area contributed by atoms with E-state index in [4.69, 9.17) is 20.6 Å². The summed E-state index contributed by atoms with van der Waals surface area (Å²) in [5, 5.41) is 0.786. The van der Waals surface area contributed by atoms with Crippen molar-refractivity contribution in [1.82, 2.24) is 19.5 Å². The van der Waals surface area contributed by atoms with E-state index in [2.05, 4.69) is 46.9 Å². The van der Waals surface area contributed by atoms with Crippen molar-refractivity contribution in [2.24, 2.45) is 0 Å². The van der Waals surface area contributed by atoms with Gasteiger partial charge in [0.25, 0.3) is 11.8 Å². The van der Waals surface area contributed by atoms with Gasteiger partial charge in [0, 0.05) is 10.9 Å². The molecule has 0 saturated carbocycles. The van der Waals surface area contributed by atoms with Crippen molar-refractivity contribution in [3.05, 3.63) is 82.3 Å². The van der Waals surface area contributed by atoms with Gasteiger partial charge in [-0.15, -0.1) is 6.42 Å². The van der Waals surface area contributed by atoms with Crippen LogP contribution in [0.1, 0.15) is 30.9 Å². The minimum Gasteiger partial charge on any atom is -0.481 e. The summed E-state index contributed by atoms with van der Waals surface area (Å²) in [5.74, 6) is 4.09. The number of benzene rings is 3. The Hall–Kier alpha value is -4.90. The maximum absolute atomic E-state index is 13.4. The van der Waals surface area contributed by atoms with Crippen molar-refractivity contribution in [3.63, 3.8) is 0 Å². The van der Waals surface area contributed by atoms with E-state index in [9.17, 15) is 4.79 Å². The molecular formula is C31H28N4O4. The van der Waals surface area contributed by atoms with Crippen LogP contribution in [0.25, 0.3) is 33.2 Å². The van der Waals surface area contributed by atoms with E-state index in [1.807, 2.05) is 48.5 Å². The molecule has 0 bridgehead atoms. The Morgan fingerprint density at radius 1 is 0.897 bits per heavy atom. The summed E-state index contributed by atoms with van der Waals surface area (Å²) in [5.41, 5.74) is 5.16. The predicted octanol–water partition coefficient (Wildman–Crippen LogP) is 5.21. The van der Waals surface area contributed by atoms with Gasteiger partial charge < -0.3 is 14.2 Å². The maximum Gasteiger partial charge on any atom is 0.348 e. The second-order valence-electron chi connectivity index (χ2n) is 9.34. The lowest BCUT2D eigenvalue weighted by Gasteiger charge is -2.15. The van der Waals surface area contributed by atoms with Gasteiger partial charge >= 0.3 is 5.69 Å². The van der Waals surface area contributed by atoms with Gasteiger partial charge in [0.15, 0.2) is 0 Å².